The number of nitrogens with zero attached hydrogens (tertiary/aromatic N) is 2. The van der Waals surface area contributed by atoms with Crippen molar-refractivity contribution in [1.82, 2.24) is 14.6 Å². The van der Waals surface area contributed by atoms with Gasteiger partial charge in [0.2, 0.25) is 15.9 Å². The topological polar surface area (TPSA) is 92.5 Å². The van der Waals surface area contributed by atoms with Gasteiger partial charge in [0.15, 0.2) is 5.58 Å². The van der Waals surface area contributed by atoms with Gasteiger partial charge in [0.1, 0.15) is 5.52 Å². The van der Waals surface area contributed by atoms with E-state index in [-0.39, 0.29) is 22.6 Å². The lowest BCUT2D eigenvalue weighted by atomic mass is 10.00. The largest absolute Gasteiger partial charge is 0.431 e. The standard InChI is InChI=1S/C23H23N3O4S2/c1-15(18-10-6-8-16-7-4-5-9-19(16)18)24-22(27)14-31-23-25-20-13-17(11-12-21(20)30-23)32(28,29)26(2)3/h4-13,15H,14H2,1-3H3,(H,24,27). The molecule has 1 heterocycles. The molecule has 4 aromatic rings. The van der Waals surface area contributed by atoms with Gasteiger partial charge in [-0.25, -0.2) is 17.7 Å². The Labute approximate surface area is 190 Å². The highest BCUT2D eigenvalue weighted by molar-refractivity contribution is 7.99. The van der Waals surface area contributed by atoms with Crippen LogP contribution in [-0.2, 0) is 14.8 Å². The van der Waals surface area contributed by atoms with Crippen molar-refractivity contribution in [2.45, 2.75) is 23.1 Å². The van der Waals surface area contributed by atoms with Gasteiger partial charge < -0.3 is 9.73 Å². The van der Waals surface area contributed by atoms with Gasteiger partial charge in [-0.05, 0) is 41.5 Å². The molecule has 166 valence electrons. The molecule has 0 radical (unpaired) electrons. The average Bonchev–Trinajstić information content (AvgIpc) is 3.19. The van der Waals surface area contributed by atoms with E-state index in [1.807, 2.05) is 49.4 Å². The molecule has 0 saturated carbocycles. The van der Waals surface area contributed by atoms with Crippen LogP contribution in [0.4, 0.5) is 0 Å². The van der Waals surface area contributed by atoms with Gasteiger partial charge in [-0.15, -0.1) is 0 Å². The van der Waals surface area contributed by atoms with Crippen LogP contribution in [0.25, 0.3) is 21.9 Å². The van der Waals surface area contributed by atoms with Crippen LogP contribution in [0.3, 0.4) is 0 Å². The van der Waals surface area contributed by atoms with Crippen LogP contribution in [0, 0.1) is 0 Å². The van der Waals surface area contributed by atoms with E-state index in [1.54, 1.807) is 6.07 Å². The second kappa shape index (κ2) is 8.93. The Morgan fingerprint density at radius 1 is 1.12 bits per heavy atom. The average molecular weight is 470 g/mol. The summed E-state index contributed by atoms with van der Waals surface area (Å²) in [7, 11) is -0.612. The number of rotatable bonds is 7. The summed E-state index contributed by atoms with van der Waals surface area (Å²) in [6.07, 6.45) is 0. The summed E-state index contributed by atoms with van der Waals surface area (Å²) in [5.41, 5.74) is 1.95. The van der Waals surface area contributed by atoms with Crippen LogP contribution >= 0.6 is 11.8 Å². The predicted octanol–water partition coefficient (Wildman–Crippen LogP) is 4.20. The number of thioether (sulfide) groups is 1. The molecule has 0 fully saturated rings. The van der Waals surface area contributed by atoms with Crippen molar-refractivity contribution in [2.24, 2.45) is 0 Å². The first-order chi connectivity index (χ1) is 15.3. The van der Waals surface area contributed by atoms with Crippen LogP contribution in [0.2, 0.25) is 0 Å². The molecule has 1 atom stereocenters. The molecule has 1 aromatic heterocycles. The van der Waals surface area contributed by atoms with Gasteiger partial charge in [0, 0.05) is 14.1 Å². The maximum absolute atomic E-state index is 12.5. The summed E-state index contributed by atoms with van der Waals surface area (Å²) >= 11 is 1.17. The summed E-state index contributed by atoms with van der Waals surface area (Å²) in [5, 5.41) is 5.57. The summed E-state index contributed by atoms with van der Waals surface area (Å²) in [5.74, 6) is -0.0151. The number of carbonyl (C=O) groups excluding carboxylic acids is 1. The summed E-state index contributed by atoms with van der Waals surface area (Å²) in [6, 6.07) is 18.5. The smallest absolute Gasteiger partial charge is 0.257 e. The van der Waals surface area contributed by atoms with Gasteiger partial charge in [-0.2, -0.15) is 0 Å². The Bertz CT molecular complexity index is 1390. The quantitative estimate of drug-likeness (QED) is 0.408. The van der Waals surface area contributed by atoms with Crippen molar-refractivity contribution in [3.05, 3.63) is 66.2 Å². The van der Waals surface area contributed by atoms with Crippen molar-refractivity contribution in [1.29, 1.82) is 0 Å². The molecule has 32 heavy (non-hydrogen) atoms. The lowest BCUT2D eigenvalue weighted by Crippen LogP contribution is -2.28. The number of fused-ring (bicyclic) bond motifs is 2. The van der Waals surface area contributed by atoms with E-state index in [4.69, 9.17) is 4.42 Å². The van der Waals surface area contributed by atoms with E-state index in [9.17, 15) is 13.2 Å². The summed E-state index contributed by atoms with van der Waals surface area (Å²) < 4.78 is 31.4. The zero-order chi connectivity index (χ0) is 22.9. The number of hydrogen-bond donors (Lipinski definition) is 1. The zero-order valence-electron chi connectivity index (χ0n) is 17.9. The molecule has 9 heteroatoms. The van der Waals surface area contributed by atoms with Crippen molar-refractivity contribution < 1.29 is 17.6 Å². The number of amides is 1. The molecular weight excluding hydrogens is 446 g/mol. The Morgan fingerprint density at radius 3 is 2.66 bits per heavy atom. The van der Waals surface area contributed by atoms with Crippen molar-refractivity contribution in [3.63, 3.8) is 0 Å². The Morgan fingerprint density at radius 2 is 1.88 bits per heavy atom. The molecule has 0 bridgehead atoms. The van der Waals surface area contributed by atoms with Crippen LogP contribution < -0.4 is 5.32 Å². The fourth-order valence-electron chi connectivity index (χ4n) is 3.44. The van der Waals surface area contributed by atoms with Crippen LogP contribution in [0.15, 0.2) is 75.2 Å². The Hall–Kier alpha value is -2.88. The second-order valence-corrected chi connectivity index (χ2v) is 10.6. The molecule has 0 spiro atoms. The molecule has 3 aromatic carbocycles. The van der Waals surface area contributed by atoms with E-state index in [1.165, 1.54) is 38.0 Å². The fraction of sp³-hybridized carbons (Fsp3) is 0.217. The predicted molar refractivity (Wildman–Crippen MR) is 126 cm³/mol. The van der Waals surface area contributed by atoms with Gasteiger partial charge in [-0.1, -0.05) is 54.2 Å². The molecule has 1 unspecified atom stereocenters. The highest BCUT2D eigenvalue weighted by atomic mass is 32.2. The lowest BCUT2D eigenvalue weighted by molar-refractivity contribution is -0.119. The number of aromatic nitrogens is 1. The summed E-state index contributed by atoms with van der Waals surface area (Å²) in [6.45, 7) is 1.95. The maximum atomic E-state index is 12.5. The first-order valence-corrected chi connectivity index (χ1v) is 12.4. The van der Waals surface area contributed by atoms with E-state index < -0.39 is 10.0 Å². The lowest BCUT2D eigenvalue weighted by Gasteiger charge is -2.16. The fourth-order valence-corrected chi connectivity index (χ4v) is 5.01. The highest BCUT2D eigenvalue weighted by Crippen LogP contribution is 2.27. The Kier molecular flexibility index (Phi) is 6.23. The third-order valence-corrected chi connectivity index (χ3v) is 7.75. The maximum Gasteiger partial charge on any atom is 0.257 e. The van der Waals surface area contributed by atoms with Gasteiger partial charge in [0.05, 0.1) is 16.7 Å². The SMILES string of the molecule is CC(NC(=O)CSc1nc2cc(S(=O)(=O)N(C)C)ccc2o1)c1cccc2ccccc12. The molecule has 7 nitrogen and oxygen atoms in total. The van der Waals surface area contributed by atoms with Crippen molar-refractivity contribution in [3.8, 4) is 0 Å². The second-order valence-electron chi connectivity index (χ2n) is 7.54. The molecule has 4 rings (SSSR count). The summed E-state index contributed by atoms with van der Waals surface area (Å²) in [4.78, 5) is 17.0. The van der Waals surface area contributed by atoms with Gasteiger partial charge in [-0.3, -0.25) is 4.79 Å². The molecule has 0 aliphatic carbocycles. The van der Waals surface area contributed by atoms with Crippen molar-refractivity contribution in [2.75, 3.05) is 19.8 Å². The number of hydrogen-bond acceptors (Lipinski definition) is 6. The zero-order valence-corrected chi connectivity index (χ0v) is 19.5. The number of oxazole rings is 1. The number of nitrogens with one attached hydrogen (secondary N) is 1. The first-order valence-electron chi connectivity index (χ1n) is 9.98. The molecule has 0 aliphatic heterocycles. The number of sulfonamides is 1. The third-order valence-electron chi connectivity index (χ3n) is 5.11. The van der Waals surface area contributed by atoms with E-state index in [2.05, 4.69) is 10.3 Å². The molecule has 0 saturated heterocycles. The van der Waals surface area contributed by atoms with Gasteiger partial charge in [0.25, 0.3) is 5.22 Å². The van der Waals surface area contributed by atoms with E-state index in [0.29, 0.717) is 16.3 Å². The van der Waals surface area contributed by atoms with E-state index in [0.717, 1.165) is 20.6 Å². The van der Waals surface area contributed by atoms with Crippen LogP contribution in [0.5, 0.6) is 0 Å². The van der Waals surface area contributed by atoms with Crippen LogP contribution in [-0.4, -0.2) is 43.5 Å². The molecule has 1 N–H and O–H groups in total. The molecule has 1 amide bonds. The van der Waals surface area contributed by atoms with Crippen molar-refractivity contribution >= 4 is 49.6 Å². The first kappa shape index (κ1) is 22.3. The minimum Gasteiger partial charge on any atom is -0.431 e. The number of benzene rings is 3. The van der Waals surface area contributed by atoms with Crippen LogP contribution in [0.1, 0.15) is 18.5 Å². The minimum absolute atomic E-state index is 0.130. The Balaban J connectivity index is 1.43. The third kappa shape index (κ3) is 4.50. The molecule has 0 aliphatic rings. The van der Waals surface area contributed by atoms with Gasteiger partial charge >= 0.3 is 0 Å². The number of carbonyl (C=O) groups is 1. The normalized spacial score (nSPS) is 13.0. The molecular formula is C23H23N3O4S2. The monoisotopic (exact) mass is 469 g/mol. The minimum atomic E-state index is -3.56. The van der Waals surface area contributed by atoms with E-state index >= 15 is 0 Å². The highest BCUT2D eigenvalue weighted by Gasteiger charge is 2.19.